The van der Waals surface area contributed by atoms with E-state index in [1.165, 1.54) is 0 Å². The third-order valence-electron chi connectivity index (χ3n) is 2.23. The Morgan fingerprint density at radius 3 is 3.00 bits per heavy atom. The lowest BCUT2D eigenvalue weighted by molar-refractivity contribution is -0.122. The second-order valence-electron chi connectivity index (χ2n) is 3.24. The smallest absolute Gasteiger partial charge is 0.225 e. The highest BCUT2D eigenvalue weighted by Gasteiger charge is 2.24. The largest absolute Gasteiger partial charge is 0.382 e. The number of nitrogen functional groups attached to an aromatic ring is 1. The highest BCUT2D eigenvalue weighted by atomic mass is 35.5. The van der Waals surface area contributed by atoms with E-state index in [1.54, 1.807) is 16.9 Å². The van der Waals surface area contributed by atoms with Crippen LogP contribution in [0.4, 0.5) is 5.82 Å². The van der Waals surface area contributed by atoms with Gasteiger partial charge in [-0.15, -0.1) is 12.4 Å². The summed E-state index contributed by atoms with van der Waals surface area (Å²) in [6, 6.07) is 1.73. The lowest BCUT2D eigenvalue weighted by Crippen LogP contribution is -2.22. The van der Waals surface area contributed by atoms with Crippen molar-refractivity contribution in [2.45, 2.75) is 13.0 Å². The monoisotopic (exact) mass is 216 g/mol. The summed E-state index contributed by atoms with van der Waals surface area (Å²) in [6.07, 6.45) is 2.68. The normalized spacial score (nSPS) is 20.3. The summed E-state index contributed by atoms with van der Waals surface area (Å²) in [4.78, 5) is 11.2. The summed E-state index contributed by atoms with van der Waals surface area (Å²) in [5, 5.41) is 6.81. The SMILES string of the molecule is Cl.Nc1ccn(CC2CCNC2=O)n1. The maximum Gasteiger partial charge on any atom is 0.225 e. The first-order valence-electron chi connectivity index (χ1n) is 4.32. The first kappa shape index (κ1) is 10.8. The number of hydrogen-bond donors (Lipinski definition) is 2. The highest BCUT2D eigenvalue weighted by Crippen LogP contribution is 2.11. The number of hydrogen-bond acceptors (Lipinski definition) is 3. The van der Waals surface area contributed by atoms with Crippen molar-refractivity contribution < 1.29 is 4.79 Å². The van der Waals surface area contributed by atoms with Gasteiger partial charge < -0.3 is 11.1 Å². The first-order valence-corrected chi connectivity index (χ1v) is 4.32. The van der Waals surface area contributed by atoms with Gasteiger partial charge in [-0.05, 0) is 12.5 Å². The molecular weight excluding hydrogens is 204 g/mol. The van der Waals surface area contributed by atoms with Gasteiger partial charge in [0.25, 0.3) is 0 Å². The van der Waals surface area contributed by atoms with E-state index in [4.69, 9.17) is 5.73 Å². The maximum atomic E-state index is 11.2. The first-order chi connectivity index (χ1) is 6.25. The fraction of sp³-hybridized carbons (Fsp3) is 0.500. The zero-order valence-electron chi connectivity index (χ0n) is 7.64. The Balaban J connectivity index is 0.000000980. The van der Waals surface area contributed by atoms with E-state index >= 15 is 0 Å². The zero-order valence-corrected chi connectivity index (χ0v) is 8.46. The molecule has 1 unspecified atom stereocenters. The predicted molar refractivity (Wildman–Crippen MR) is 55.0 cm³/mol. The molecule has 1 aliphatic heterocycles. The van der Waals surface area contributed by atoms with Gasteiger partial charge in [0.05, 0.1) is 12.5 Å². The van der Waals surface area contributed by atoms with Gasteiger partial charge in [-0.25, -0.2) is 0 Å². The number of aromatic nitrogens is 2. The van der Waals surface area contributed by atoms with Crippen LogP contribution >= 0.6 is 12.4 Å². The molecule has 6 heteroatoms. The van der Waals surface area contributed by atoms with Crippen LogP contribution in [0.15, 0.2) is 12.3 Å². The van der Waals surface area contributed by atoms with Crippen molar-refractivity contribution in [3.8, 4) is 0 Å². The third-order valence-corrected chi connectivity index (χ3v) is 2.23. The van der Waals surface area contributed by atoms with E-state index in [0.29, 0.717) is 12.4 Å². The van der Waals surface area contributed by atoms with Crippen LogP contribution < -0.4 is 11.1 Å². The molecule has 1 amide bonds. The number of carbonyl (C=O) groups excluding carboxylic acids is 1. The van der Waals surface area contributed by atoms with Gasteiger partial charge in [0.1, 0.15) is 5.82 Å². The van der Waals surface area contributed by atoms with Crippen LogP contribution in [0, 0.1) is 5.92 Å². The van der Waals surface area contributed by atoms with Crippen LogP contribution in [0.3, 0.4) is 0 Å². The number of halogens is 1. The molecule has 0 saturated carbocycles. The molecule has 78 valence electrons. The number of rotatable bonds is 2. The van der Waals surface area contributed by atoms with Crippen molar-refractivity contribution in [1.82, 2.24) is 15.1 Å². The Morgan fingerprint density at radius 2 is 2.50 bits per heavy atom. The molecule has 14 heavy (non-hydrogen) atoms. The van der Waals surface area contributed by atoms with E-state index in [9.17, 15) is 4.79 Å². The van der Waals surface area contributed by atoms with Gasteiger partial charge >= 0.3 is 0 Å². The van der Waals surface area contributed by atoms with E-state index < -0.39 is 0 Å². The minimum atomic E-state index is 0. The summed E-state index contributed by atoms with van der Waals surface area (Å²) in [5.41, 5.74) is 5.46. The quantitative estimate of drug-likeness (QED) is 0.732. The zero-order chi connectivity index (χ0) is 9.26. The summed E-state index contributed by atoms with van der Waals surface area (Å²) in [5.74, 6) is 0.673. The summed E-state index contributed by atoms with van der Waals surface area (Å²) >= 11 is 0. The summed E-state index contributed by atoms with van der Waals surface area (Å²) in [7, 11) is 0. The Bertz CT molecular complexity index is 325. The Labute approximate surface area is 88.1 Å². The van der Waals surface area contributed by atoms with Gasteiger partial charge in [0, 0.05) is 12.7 Å². The van der Waals surface area contributed by atoms with E-state index in [-0.39, 0.29) is 24.2 Å². The fourth-order valence-corrected chi connectivity index (χ4v) is 1.52. The van der Waals surface area contributed by atoms with Gasteiger partial charge in [0.15, 0.2) is 0 Å². The molecule has 1 aromatic heterocycles. The molecule has 2 rings (SSSR count). The minimum absolute atomic E-state index is 0. The lowest BCUT2D eigenvalue weighted by Gasteiger charge is -2.05. The van der Waals surface area contributed by atoms with Crippen molar-refractivity contribution >= 4 is 24.1 Å². The molecule has 3 N–H and O–H groups in total. The number of nitrogens with two attached hydrogens (primary N) is 1. The summed E-state index contributed by atoms with van der Waals surface area (Å²) < 4.78 is 1.71. The van der Waals surface area contributed by atoms with Crippen LogP contribution in [-0.4, -0.2) is 22.2 Å². The molecular formula is C8H13ClN4O. The van der Waals surface area contributed by atoms with Crippen molar-refractivity contribution in [3.63, 3.8) is 0 Å². The molecule has 1 saturated heterocycles. The number of nitrogens with one attached hydrogen (secondary N) is 1. The molecule has 0 radical (unpaired) electrons. The van der Waals surface area contributed by atoms with Crippen LogP contribution in [0.25, 0.3) is 0 Å². The predicted octanol–water partition coefficient (Wildman–Crippen LogP) is 0.0232. The van der Waals surface area contributed by atoms with E-state index in [1.807, 2.05) is 0 Å². The van der Waals surface area contributed by atoms with Crippen LogP contribution in [-0.2, 0) is 11.3 Å². The number of carbonyl (C=O) groups is 1. The van der Waals surface area contributed by atoms with Gasteiger partial charge in [-0.2, -0.15) is 5.10 Å². The average molecular weight is 217 g/mol. The van der Waals surface area contributed by atoms with Gasteiger partial charge in [-0.3, -0.25) is 9.48 Å². The highest BCUT2D eigenvalue weighted by molar-refractivity contribution is 5.85. The number of nitrogens with zero attached hydrogens (tertiary/aromatic N) is 2. The molecule has 1 atom stereocenters. The van der Waals surface area contributed by atoms with Crippen molar-refractivity contribution in [2.24, 2.45) is 5.92 Å². The Kier molecular flexibility index (Phi) is 3.35. The molecule has 0 aliphatic carbocycles. The molecule has 5 nitrogen and oxygen atoms in total. The Morgan fingerprint density at radius 1 is 1.71 bits per heavy atom. The maximum absolute atomic E-state index is 11.2. The third kappa shape index (κ3) is 2.17. The van der Waals surface area contributed by atoms with E-state index in [2.05, 4.69) is 10.4 Å². The second-order valence-corrected chi connectivity index (χ2v) is 3.24. The lowest BCUT2D eigenvalue weighted by atomic mass is 10.1. The van der Waals surface area contributed by atoms with Gasteiger partial charge in [-0.1, -0.05) is 0 Å². The van der Waals surface area contributed by atoms with Crippen molar-refractivity contribution in [2.75, 3.05) is 12.3 Å². The molecule has 1 aromatic rings. The Hall–Kier alpha value is -1.23. The molecule has 0 spiro atoms. The average Bonchev–Trinajstić information content (AvgIpc) is 2.64. The van der Waals surface area contributed by atoms with Crippen molar-refractivity contribution in [3.05, 3.63) is 12.3 Å². The van der Waals surface area contributed by atoms with Crippen LogP contribution in [0.2, 0.25) is 0 Å². The fourth-order valence-electron chi connectivity index (χ4n) is 1.52. The molecule has 0 bridgehead atoms. The van der Waals surface area contributed by atoms with E-state index in [0.717, 1.165) is 13.0 Å². The standard InChI is InChI=1S/C8H12N4O.ClH/c9-7-2-4-12(11-7)5-6-1-3-10-8(6)13;/h2,4,6H,1,3,5H2,(H2,9,11)(H,10,13);1H. The number of anilines is 1. The van der Waals surface area contributed by atoms with Gasteiger partial charge in [0.2, 0.25) is 5.91 Å². The molecule has 2 heterocycles. The minimum Gasteiger partial charge on any atom is -0.382 e. The second kappa shape index (κ2) is 4.32. The topological polar surface area (TPSA) is 72.9 Å². The summed E-state index contributed by atoms with van der Waals surface area (Å²) in [6.45, 7) is 1.41. The van der Waals surface area contributed by atoms with Crippen LogP contribution in [0.5, 0.6) is 0 Å². The van der Waals surface area contributed by atoms with Crippen LogP contribution in [0.1, 0.15) is 6.42 Å². The molecule has 1 aliphatic rings. The van der Waals surface area contributed by atoms with Crippen molar-refractivity contribution in [1.29, 1.82) is 0 Å². The molecule has 0 aromatic carbocycles. The molecule has 1 fully saturated rings. The number of amides is 1.